The molecule has 6 nitrogen and oxygen atoms in total. The van der Waals surface area contributed by atoms with Gasteiger partial charge in [0.2, 0.25) is 5.88 Å². The molecule has 0 aliphatic heterocycles. The third kappa shape index (κ3) is 7.64. The lowest BCUT2D eigenvalue weighted by atomic mass is 9.95. The summed E-state index contributed by atoms with van der Waals surface area (Å²) in [6, 6.07) is 7.89. The maximum absolute atomic E-state index is 13.7. The first-order valence-corrected chi connectivity index (χ1v) is 13.1. The van der Waals surface area contributed by atoms with Crippen molar-refractivity contribution in [3.05, 3.63) is 87.3 Å². The van der Waals surface area contributed by atoms with E-state index < -0.39 is 35.6 Å². The van der Waals surface area contributed by atoms with E-state index in [1.807, 2.05) is 0 Å². The molecule has 228 valence electrons. The minimum Gasteiger partial charge on any atom is -0.472 e. The highest BCUT2D eigenvalue weighted by Crippen LogP contribution is 2.45. The second-order valence-corrected chi connectivity index (χ2v) is 9.79. The van der Waals surface area contributed by atoms with Gasteiger partial charge < -0.3 is 14.8 Å². The Morgan fingerprint density at radius 2 is 1.72 bits per heavy atom. The molecule has 0 saturated heterocycles. The number of anilines is 1. The molecule has 4 rings (SSSR count). The van der Waals surface area contributed by atoms with Gasteiger partial charge in [0.05, 0.1) is 22.8 Å². The molecule has 0 unspecified atom stereocenters. The summed E-state index contributed by atoms with van der Waals surface area (Å²) < 4.78 is 104. The van der Waals surface area contributed by atoms with E-state index in [2.05, 4.69) is 4.98 Å². The van der Waals surface area contributed by atoms with E-state index in [0.717, 1.165) is 24.3 Å². The zero-order valence-corrected chi connectivity index (χ0v) is 23.0. The number of alkyl halides is 6. The zero-order chi connectivity index (χ0) is 31.5. The number of allylic oxidation sites excluding steroid dienone is 2. The fourth-order valence-corrected chi connectivity index (χ4v) is 4.71. The molecule has 0 bridgehead atoms. The number of amides is 1. The lowest BCUT2D eigenvalue weighted by Crippen LogP contribution is -2.30. The van der Waals surface area contributed by atoms with Crippen LogP contribution in [0.4, 0.5) is 36.4 Å². The summed E-state index contributed by atoms with van der Waals surface area (Å²) in [6.45, 7) is 1.21. The van der Waals surface area contributed by atoms with Crippen LogP contribution in [0.5, 0.6) is 5.88 Å². The highest BCUT2D eigenvalue weighted by atomic mass is 35.5. The topological polar surface area (TPSA) is 77.5 Å². The van der Waals surface area contributed by atoms with Gasteiger partial charge in [0.25, 0.3) is 0 Å². The second-order valence-electron chi connectivity index (χ2n) is 9.38. The largest absolute Gasteiger partial charge is 0.472 e. The minimum atomic E-state index is -5.22. The van der Waals surface area contributed by atoms with E-state index in [1.165, 1.54) is 25.1 Å². The highest BCUT2D eigenvalue weighted by Gasteiger charge is 2.39. The van der Waals surface area contributed by atoms with Crippen LogP contribution in [0.25, 0.3) is 11.1 Å². The Morgan fingerprint density at radius 3 is 2.37 bits per heavy atom. The van der Waals surface area contributed by atoms with E-state index >= 15 is 0 Å². The Kier molecular flexibility index (Phi) is 9.33. The third-order valence-corrected chi connectivity index (χ3v) is 6.76. The minimum absolute atomic E-state index is 0.0263. The quantitative estimate of drug-likeness (QED) is 0.200. The number of rotatable bonds is 8. The number of ether oxygens (including phenoxy) is 2. The van der Waals surface area contributed by atoms with Crippen LogP contribution in [0.1, 0.15) is 58.8 Å². The number of halogens is 8. The van der Waals surface area contributed by atoms with Crippen LogP contribution in [0.15, 0.2) is 48.7 Å². The van der Waals surface area contributed by atoms with E-state index in [4.69, 9.17) is 21.1 Å². The molecular formula is C29H22ClF7N2O4. The monoisotopic (exact) mass is 630 g/mol. The number of nitrogens with one attached hydrogen (secondary N) is 1. The van der Waals surface area contributed by atoms with E-state index in [-0.39, 0.29) is 59.3 Å². The summed E-state index contributed by atoms with van der Waals surface area (Å²) in [5, 5.41) is 1.73. The van der Waals surface area contributed by atoms with Gasteiger partial charge in [-0.05, 0) is 79.3 Å². The van der Waals surface area contributed by atoms with E-state index in [0.29, 0.717) is 29.3 Å². The summed E-state index contributed by atoms with van der Waals surface area (Å²) in [7, 11) is 0. The van der Waals surface area contributed by atoms with Crippen molar-refractivity contribution in [2.45, 2.75) is 45.1 Å². The molecule has 1 aliphatic carbocycles. The molecule has 1 N–H and O–H groups in total. The van der Waals surface area contributed by atoms with Crippen molar-refractivity contribution in [1.82, 2.24) is 4.98 Å². The molecule has 1 amide bonds. The summed E-state index contributed by atoms with van der Waals surface area (Å²) >= 11 is 6.06. The molecule has 2 aromatic carbocycles. The highest BCUT2D eigenvalue weighted by molar-refractivity contribution is 6.31. The van der Waals surface area contributed by atoms with Gasteiger partial charge in [-0.3, -0.25) is 4.79 Å². The summed E-state index contributed by atoms with van der Waals surface area (Å²) in [5.41, 5.74) is -0.405. The van der Waals surface area contributed by atoms with Crippen LogP contribution < -0.4 is 10.1 Å². The van der Waals surface area contributed by atoms with Crippen LogP contribution >= 0.6 is 11.6 Å². The Labute approximate surface area is 245 Å². The van der Waals surface area contributed by atoms with Crippen LogP contribution in [0.3, 0.4) is 0 Å². The van der Waals surface area contributed by atoms with Crippen molar-refractivity contribution < 1.29 is 49.8 Å². The predicted molar refractivity (Wildman–Crippen MR) is 143 cm³/mol. The van der Waals surface area contributed by atoms with Crippen LogP contribution in [0, 0.1) is 5.82 Å². The summed E-state index contributed by atoms with van der Waals surface area (Å²) in [6.07, 6.45) is -8.45. The van der Waals surface area contributed by atoms with Crippen molar-refractivity contribution in [3.63, 3.8) is 0 Å². The summed E-state index contributed by atoms with van der Waals surface area (Å²) in [5.74, 6) is -3.96. The molecule has 43 heavy (non-hydrogen) atoms. The number of carbonyl (C=O) groups is 2. The van der Waals surface area contributed by atoms with Crippen molar-refractivity contribution in [2.24, 2.45) is 0 Å². The maximum atomic E-state index is 13.7. The predicted octanol–water partition coefficient (Wildman–Crippen LogP) is 8.24. The molecule has 0 fully saturated rings. The zero-order valence-electron chi connectivity index (χ0n) is 22.3. The van der Waals surface area contributed by atoms with Crippen LogP contribution in [0.2, 0.25) is 5.02 Å². The van der Waals surface area contributed by atoms with Crippen molar-refractivity contribution in [2.75, 3.05) is 11.9 Å². The van der Waals surface area contributed by atoms with E-state index in [1.54, 1.807) is 5.32 Å². The van der Waals surface area contributed by atoms with Gasteiger partial charge in [-0.2, -0.15) is 26.3 Å². The van der Waals surface area contributed by atoms with Gasteiger partial charge in [-0.25, -0.2) is 14.2 Å². The molecule has 0 spiro atoms. The van der Waals surface area contributed by atoms with Gasteiger partial charge in [-0.1, -0.05) is 17.7 Å². The Morgan fingerprint density at radius 1 is 1.00 bits per heavy atom. The molecule has 3 aromatic rings. The Balaban J connectivity index is 1.83. The molecular weight excluding hydrogens is 609 g/mol. The molecule has 0 radical (unpaired) electrons. The maximum Gasteiger partial charge on any atom is 0.471 e. The first-order chi connectivity index (χ1) is 20.2. The molecule has 1 aliphatic rings. The SMILES string of the molecule is CCOC(=O)c1cc(NC(=O)C(F)(F)F)cc(C2=C(c3cc(C(F)(F)F)cnc3OCc3ccc(F)cc3Cl)CCC2)c1. The van der Waals surface area contributed by atoms with Gasteiger partial charge in [0.15, 0.2) is 0 Å². The molecule has 1 heterocycles. The first kappa shape index (κ1) is 31.8. The number of hydrogen-bond donors (Lipinski definition) is 1. The number of carbonyl (C=O) groups excluding carboxylic acids is 2. The smallest absolute Gasteiger partial charge is 0.471 e. The fraction of sp³-hybridized carbons (Fsp3) is 0.276. The third-order valence-electron chi connectivity index (χ3n) is 6.41. The molecule has 1 aromatic heterocycles. The number of hydrogen-bond acceptors (Lipinski definition) is 5. The van der Waals surface area contributed by atoms with Gasteiger partial charge in [-0.15, -0.1) is 0 Å². The standard InChI is InChI=1S/C29H22ClF7N2O4/c1-2-42-26(40)17-8-16(9-20(10-17)39-27(41)29(35,36)37)21-4-3-5-22(21)23-11-18(28(32,33)34)13-38-25(23)43-14-15-6-7-19(31)12-24(15)30/h6-13H,2-5,14H2,1H3,(H,39,41). The second kappa shape index (κ2) is 12.6. The van der Waals surface area contributed by atoms with Gasteiger partial charge in [0, 0.05) is 23.0 Å². The first-order valence-electron chi connectivity index (χ1n) is 12.7. The number of aromatic nitrogens is 1. The lowest BCUT2D eigenvalue weighted by molar-refractivity contribution is -0.167. The number of nitrogens with zero attached hydrogens (tertiary/aromatic N) is 1. The van der Waals surface area contributed by atoms with Crippen molar-refractivity contribution in [1.29, 1.82) is 0 Å². The van der Waals surface area contributed by atoms with Gasteiger partial charge >= 0.3 is 24.2 Å². The van der Waals surface area contributed by atoms with Crippen LogP contribution in [-0.2, 0) is 22.3 Å². The van der Waals surface area contributed by atoms with Crippen molar-refractivity contribution in [3.8, 4) is 5.88 Å². The number of esters is 1. The van der Waals surface area contributed by atoms with E-state index in [9.17, 15) is 40.3 Å². The van der Waals surface area contributed by atoms with Crippen LogP contribution in [-0.4, -0.2) is 29.6 Å². The Bertz CT molecular complexity index is 1590. The molecule has 14 heteroatoms. The lowest BCUT2D eigenvalue weighted by Gasteiger charge is -2.17. The average Bonchev–Trinajstić information content (AvgIpc) is 3.41. The number of benzene rings is 2. The molecule has 0 saturated carbocycles. The molecule has 0 atom stereocenters. The average molecular weight is 631 g/mol. The number of pyridine rings is 1. The Hall–Kier alpha value is -4.13. The van der Waals surface area contributed by atoms with Gasteiger partial charge in [0.1, 0.15) is 12.4 Å². The fourth-order valence-electron chi connectivity index (χ4n) is 4.49. The summed E-state index contributed by atoms with van der Waals surface area (Å²) in [4.78, 5) is 28.0. The normalized spacial score (nSPS) is 13.7. The van der Waals surface area contributed by atoms with Crippen molar-refractivity contribution >= 4 is 40.3 Å².